The largest absolute Gasteiger partial charge is 0.378 e. The highest BCUT2D eigenvalue weighted by Gasteiger charge is 2.34. The Morgan fingerprint density at radius 2 is 2.03 bits per heavy atom. The molecule has 1 N–H and O–H groups in total. The van der Waals surface area contributed by atoms with Gasteiger partial charge >= 0.3 is 0 Å². The second-order valence-electron chi connectivity index (χ2n) is 10.2. The summed E-state index contributed by atoms with van der Waals surface area (Å²) in [5.74, 6) is 1.42. The topological polar surface area (TPSA) is 86.8 Å². The van der Waals surface area contributed by atoms with Gasteiger partial charge in [0.15, 0.2) is 11.0 Å². The third-order valence-electron chi connectivity index (χ3n) is 7.46. The smallest absolute Gasteiger partial charge is 0.235 e. The van der Waals surface area contributed by atoms with Crippen LogP contribution in [0.5, 0.6) is 0 Å². The van der Waals surface area contributed by atoms with Crippen LogP contribution in [0, 0.1) is 22.7 Å². The van der Waals surface area contributed by atoms with Gasteiger partial charge < -0.3 is 14.8 Å². The summed E-state index contributed by atoms with van der Waals surface area (Å²) < 4.78 is 1.91. The Labute approximate surface area is 221 Å². The standard InChI is InChI=1S/C27H34N6OS2/c1-7-27(2,3)18-10-13-20-21(15-28)25(36-22(20)14-18)29-23(34)16-35-26-31-30-24(33(26)6)17-8-11-19(12-9-17)32(4)5/h8-9,11-12,18H,7,10,13-14,16H2,1-6H3,(H,29,34). The number of hydrogen-bond donors (Lipinski definition) is 1. The summed E-state index contributed by atoms with van der Waals surface area (Å²) in [6, 6.07) is 10.5. The zero-order chi connectivity index (χ0) is 26.0. The first-order chi connectivity index (χ1) is 17.1. The van der Waals surface area contributed by atoms with E-state index in [0.717, 1.165) is 48.3 Å². The number of hydrogen-bond acceptors (Lipinski definition) is 7. The lowest BCUT2D eigenvalue weighted by Gasteiger charge is -2.36. The number of benzene rings is 1. The molecule has 3 aromatic rings. The van der Waals surface area contributed by atoms with E-state index in [0.29, 0.717) is 21.6 Å². The predicted molar refractivity (Wildman–Crippen MR) is 149 cm³/mol. The van der Waals surface area contributed by atoms with Crippen molar-refractivity contribution in [1.82, 2.24) is 14.8 Å². The van der Waals surface area contributed by atoms with Gasteiger partial charge in [0.25, 0.3) is 0 Å². The van der Waals surface area contributed by atoms with E-state index in [1.54, 1.807) is 11.3 Å². The van der Waals surface area contributed by atoms with Gasteiger partial charge in [-0.25, -0.2) is 0 Å². The number of nitrogens with one attached hydrogen (secondary N) is 1. The van der Waals surface area contributed by atoms with Gasteiger partial charge in [0.2, 0.25) is 5.91 Å². The molecular weight excluding hydrogens is 488 g/mol. The molecule has 1 amide bonds. The molecular formula is C27H34N6OS2. The number of rotatable bonds is 8. The Balaban J connectivity index is 1.42. The van der Waals surface area contributed by atoms with Crippen LogP contribution in [0.4, 0.5) is 10.7 Å². The van der Waals surface area contributed by atoms with E-state index >= 15 is 0 Å². The minimum Gasteiger partial charge on any atom is -0.378 e. The van der Waals surface area contributed by atoms with Crippen LogP contribution in [0.15, 0.2) is 29.4 Å². The van der Waals surface area contributed by atoms with Crippen LogP contribution < -0.4 is 10.2 Å². The van der Waals surface area contributed by atoms with Gasteiger partial charge in [-0.2, -0.15) is 5.26 Å². The zero-order valence-corrected chi connectivity index (χ0v) is 23.5. The van der Waals surface area contributed by atoms with Gasteiger partial charge in [-0.1, -0.05) is 39.0 Å². The Hall–Kier alpha value is -2.83. The van der Waals surface area contributed by atoms with Gasteiger partial charge in [0.1, 0.15) is 11.1 Å². The van der Waals surface area contributed by atoms with E-state index in [-0.39, 0.29) is 17.1 Å². The second-order valence-corrected chi connectivity index (χ2v) is 12.3. The molecule has 1 aliphatic carbocycles. The lowest BCUT2D eigenvalue weighted by molar-refractivity contribution is -0.113. The Bertz CT molecular complexity index is 1280. The Kier molecular flexibility index (Phi) is 7.76. The molecule has 0 spiro atoms. The first-order valence-electron chi connectivity index (χ1n) is 12.3. The van der Waals surface area contributed by atoms with Crippen molar-refractivity contribution in [3.05, 3.63) is 40.3 Å². The van der Waals surface area contributed by atoms with Crippen molar-refractivity contribution in [2.24, 2.45) is 18.4 Å². The number of amides is 1. The average Bonchev–Trinajstić information content (AvgIpc) is 3.41. The predicted octanol–water partition coefficient (Wildman–Crippen LogP) is 5.75. The maximum absolute atomic E-state index is 12.8. The molecule has 0 saturated carbocycles. The zero-order valence-electron chi connectivity index (χ0n) is 21.9. The summed E-state index contributed by atoms with van der Waals surface area (Å²) in [6.45, 7) is 6.91. The van der Waals surface area contributed by atoms with Crippen molar-refractivity contribution in [3.63, 3.8) is 0 Å². The van der Waals surface area contributed by atoms with Gasteiger partial charge in [-0.3, -0.25) is 4.79 Å². The van der Waals surface area contributed by atoms with Crippen LogP contribution in [0.2, 0.25) is 0 Å². The number of anilines is 2. The first-order valence-corrected chi connectivity index (χ1v) is 14.1. The third-order valence-corrected chi connectivity index (χ3v) is 9.65. The maximum Gasteiger partial charge on any atom is 0.235 e. The van der Waals surface area contributed by atoms with Crippen LogP contribution in [0.1, 0.15) is 49.6 Å². The molecule has 9 heteroatoms. The van der Waals surface area contributed by atoms with Crippen molar-refractivity contribution in [2.45, 2.75) is 51.6 Å². The van der Waals surface area contributed by atoms with Crippen molar-refractivity contribution in [1.29, 1.82) is 5.26 Å². The second kappa shape index (κ2) is 10.7. The molecule has 4 rings (SSSR count). The first kappa shape index (κ1) is 26.2. The van der Waals surface area contributed by atoms with Crippen molar-refractivity contribution in [3.8, 4) is 17.5 Å². The van der Waals surface area contributed by atoms with Crippen LogP contribution in [-0.2, 0) is 24.7 Å². The molecule has 0 saturated heterocycles. The highest BCUT2D eigenvalue weighted by atomic mass is 32.2. The molecule has 2 heterocycles. The summed E-state index contributed by atoms with van der Waals surface area (Å²) in [5.41, 5.74) is 4.14. The average molecular weight is 523 g/mol. The lowest BCUT2D eigenvalue weighted by Crippen LogP contribution is -2.28. The monoisotopic (exact) mass is 522 g/mol. The quantitative estimate of drug-likeness (QED) is 0.379. The molecule has 0 fully saturated rings. The number of nitrogens with zero attached hydrogens (tertiary/aromatic N) is 5. The number of nitriles is 1. The SMILES string of the molecule is CCC(C)(C)C1CCc2c(sc(NC(=O)CSc3nnc(-c4ccc(N(C)C)cc4)n3C)c2C#N)C1. The lowest BCUT2D eigenvalue weighted by atomic mass is 9.69. The molecule has 0 radical (unpaired) electrons. The van der Waals surface area contributed by atoms with E-state index in [4.69, 9.17) is 0 Å². The minimum atomic E-state index is -0.138. The highest BCUT2D eigenvalue weighted by Crippen LogP contribution is 2.45. The molecule has 1 aromatic carbocycles. The summed E-state index contributed by atoms with van der Waals surface area (Å²) in [7, 11) is 5.92. The van der Waals surface area contributed by atoms with Gasteiger partial charge in [0, 0.05) is 37.3 Å². The minimum absolute atomic E-state index is 0.138. The van der Waals surface area contributed by atoms with Gasteiger partial charge in [-0.15, -0.1) is 21.5 Å². The number of thioether (sulfide) groups is 1. The van der Waals surface area contributed by atoms with E-state index in [1.807, 2.05) is 54.9 Å². The highest BCUT2D eigenvalue weighted by molar-refractivity contribution is 7.99. The number of aromatic nitrogens is 3. The molecule has 7 nitrogen and oxygen atoms in total. The van der Waals surface area contributed by atoms with Gasteiger partial charge in [0.05, 0.1) is 11.3 Å². The van der Waals surface area contributed by atoms with Crippen LogP contribution in [0.25, 0.3) is 11.4 Å². The number of thiophene rings is 1. The molecule has 1 aliphatic rings. The molecule has 0 aliphatic heterocycles. The summed E-state index contributed by atoms with van der Waals surface area (Å²) >= 11 is 2.92. The van der Waals surface area contributed by atoms with Crippen molar-refractivity contribution in [2.75, 3.05) is 30.1 Å². The van der Waals surface area contributed by atoms with Crippen molar-refractivity contribution < 1.29 is 4.79 Å². The van der Waals surface area contributed by atoms with E-state index in [9.17, 15) is 10.1 Å². The molecule has 2 aromatic heterocycles. The summed E-state index contributed by atoms with van der Waals surface area (Å²) in [5, 5.41) is 22.8. The van der Waals surface area contributed by atoms with E-state index in [1.165, 1.54) is 16.6 Å². The molecule has 36 heavy (non-hydrogen) atoms. The molecule has 1 atom stereocenters. The molecule has 1 unspecified atom stereocenters. The van der Waals surface area contributed by atoms with Crippen LogP contribution in [-0.4, -0.2) is 40.5 Å². The molecule has 0 bridgehead atoms. The van der Waals surface area contributed by atoms with E-state index < -0.39 is 0 Å². The van der Waals surface area contributed by atoms with Crippen LogP contribution >= 0.6 is 23.1 Å². The fourth-order valence-corrected chi connectivity index (χ4v) is 6.65. The maximum atomic E-state index is 12.8. The number of carbonyl (C=O) groups is 1. The van der Waals surface area contributed by atoms with Gasteiger partial charge in [-0.05, 0) is 60.4 Å². The number of carbonyl (C=O) groups excluding carboxylic acids is 1. The fraction of sp³-hybridized carbons (Fsp3) is 0.481. The Morgan fingerprint density at radius 1 is 1.31 bits per heavy atom. The number of fused-ring (bicyclic) bond motifs is 1. The van der Waals surface area contributed by atoms with E-state index in [2.05, 4.69) is 42.4 Å². The van der Waals surface area contributed by atoms with Crippen molar-refractivity contribution >= 4 is 39.7 Å². The third kappa shape index (κ3) is 5.30. The normalized spacial score (nSPS) is 15.3. The summed E-state index contributed by atoms with van der Waals surface area (Å²) in [4.78, 5) is 16.1. The Morgan fingerprint density at radius 3 is 2.67 bits per heavy atom. The van der Waals surface area contributed by atoms with Crippen LogP contribution in [0.3, 0.4) is 0 Å². The fourth-order valence-electron chi connectivity index (χ4n) is 4.64. The summed E-state index contributed by atoms with van der Waals surface area (Å²) in [6.07, 6.45) is 4.12. The molecule has 190 valence electrons.